The zero-order valence-corrected chi connectivity index (χ0v) is 82.8. The number of H-pyrrole nitrogens is 1. The van der Waals surface area contributed by atoms with Crippen LogP contribution in [0.25, 0.3) is 0 Å². The van der Waals surface area contributed by atoms with Gasteiger partial charge in [-0.1, -0.05) is 38.5 Å². The van der Waals surface area contributed by atoms with Gasteiger partial charge in [-0.2, -0.15) is 5.10 Å². The van der Waals surface area contributed by atoms with Crippen molar-refractivity contribution in [3.8, 4) is 0 Å². The highest BCUT2D eigenvalue weighted by molar-refractivity contribution is 7.80. The molecule has 0 saturated carbocycles. The zero-order chi connectivity index (χ0) is 97.3. The second-order valence-corrected chi connectivity index (χ2v) is 64.3. The number of aliphatic hydroxyl groups is 12. The number of urea groups is 2. The van der Waals surface area contributed by atoms with Crippen LogP contribution in [-0.2, 0) is 45.1 Å². The van der Waals surface area contributed by atoms with Crippen molar-refractivity contribution in [3.63, 3.8) is 0 Å². The van der Waals surface area contributed by atoms with Gasteiger partial charge in [-0.25, -0.2) is 34.2 Å². The number of thiocarbonyl (C=S) groups is 1. The van der Waals surface area contributed by atoms with E-state index in [1.54, 1.807) is 42.2 Å². The SMILES string of the molecule is C=C1NC(=O)C(C)=CN1[C@@H]1O[C@H](CCP(=C)(C)C)[C@@H](O)[C@H]1O.C=C1NC(=O)C=NN1[C@@H]1O[C@H](CCP(=C)(C)C)[C@@H](O)[C@H]1O.C=C1NC(=O)N(C)C=[N+]1[C@@H]1O[C@H](CCP(=C)(C)C)[C@@H](O)[C@H]1O.C=C1NC(=O)NC=C1[C@@H]1O[C@H](CCP(=C)(C)C)[C@@H](O)[C@H]1O.C=C1NC(=S)C=CN1[C@@H]1O[C@H](CCP(=C)(C)C)[C@@H](O)[C@H]1O.C=P(C)(C)CC[C@H]1O[C@@H](c2c[nH]c(=O)n(C)c2=O)[C@H](O)[C@@H]1O. The molecule has 11 aliphatic rings. The first-order chi connectivity index (χ1) is 59.4. The molecule has 1 aromatic heterocycles. The first kappa shape index (κ1) is 110. The summed E-state index contributed by atoms with van der Waals surface area (Å²) in [4.78, 5) is 76.5. The van der Waals surface area contributed by atoms with Gasteiger partial charge in [0.2, 0.25) is 12.0 Å². The highest BCUT2D eigenvalue weighted by atomic mass is 32.1. The molecule has 6 amide bonds. The van der Waals surface area contributed by atoms with Crippen LogP contribution in [-0.4, -0.2) is 439 Å². The number of hydrogen-bond donors (Lipinski definition) is 19. The molecule has 11 aliphatic heterocycles. The Balaban J connectivity index is 0.000000212. The molecule has 38 nitrogen and oxygen atoms in total. The van der Waals surface area contributed by atoms with E-state index < -0.39 is 193 Å². The second kappa shape index (κ2) is 45.4. The van der Waals surface area contributed by atoms with Crippen molar-refractivity contribution in [1.29, 1.82) is 0 Å². The van der Waals surface area contributed by atoms with Crippen LogP contribution in [0.15, 0.2) is 119 Å². The quantitative estimate of drug-likeness (QED) is 0.0363. The fraction of sp³-hybridized carbons (Fsp3) is 0.607. The molecule has 6 fully saturated rings. The van der Waals surface area contributed by atoms with Crippen LogP contribution in [0, 0.1) is 0 Å². The number of hydrogen-bond acceptors (Lipinski definition) is 29. The van der Waals surface area contributed by atoms with E-state index in [-0.39, 0.29) is 41.4 Å². The number of aromatic nitrogens is 2. The lowest BCUT2D eigenvalue weighted by molar-refractivity contribution is -0.581. The zero-order valence-electron chi connectivity index (χ0n) is 76.6. The minimum Gasteiger partial charge on any atom is -0.388 e. The van der Waals surface area contributed by atoms with E-state index >= 15 is 0 Å². The number of carbonyl (C=O) groups excluding carboxylic acids is 4. The maximum atomic E-state index is 12.1. The maximum absolute atomic E-state index is 12.1. The van der Waals surface area contributed by atoms with E-state index in [0.29, 0.717) is 77.8 Å². The minimum absolute atomic E-state index is 0.139. The van der Waals surface area contributed by atoms with Crippen molar-refractivity contribution < 1.29 is 113 Å². The lowest BCUT2D eigenvalue weighted by Gasteiger charge is -2.34. The van der Waals surface area contributed by atoms with Crippen molar-refractivity contribution in [3.05, 3.63) is 130 Å². The molecule has 0 bridgehead atoms. The van der Waals surface area contributed by atoms with E-state index in [4.69, 9.17) is 40.6 Å². The third-order valence-electron chi connectivity index (χ3n) is 22.3. The Hall–Kier alpha value is -6.21. The predicted octanol–water partition coefficient (Wildman–Crippen LogP) is -0.170. The van der Waals surface area contributed by atoms with Crippen molar-refractivity contribution in [2.24, 2.45) is 12.1 Å². The molecule has 24 atom stereocenters. The van der Waals surface area contributed by atoms with Crippen LogP contribution >= 0.6 is 53.5 Å². The summed E-state index contributed by atoms with van der Waals surface area (Å²) in [6, 6.07) is -0.689. The molecule has 0 unspecified atom stereocenters. The smallest absolute Gasteiger partial charge is 0.388 e. The van der Waals surface area contributed by atoms with E-state index in [1.807, 2.05) is 0 Å². The number of hydrazone groups is 1. The number of carbonyl (C=O) groups is 4. The minimum atomic E-state index is -1.27. The Morgan fingerprint density at radius 2 is 0.868 bits per heavy atom. The van der Waals surface area contributed by atoms with Gasteiger partial charge in [0.05, 0.1) is 49.2 Å². The van der Waals surface area contributed by atoms with Crippen LogP contribution in [0.4, 0.5) is 9.59 Å². The van der Waals surface area contributed by atoms with Crippen LogP contribution < -0.4 is 43.1 Å². The van der Waals surface area contributed by atoms with Crippen molar-refractivity contribution in [2.45, 2.75) is 192 Å². The first-order valence-corrected chi connectivity index (χ1v) is 60.6. The topological polar surface area (TPSA) is 522 Å². The van der Waals surface area contributed by atoms with E-state index in [2.05, 4.69) is 193 Å². The lowest BCUT2D eigenvalue weighted by Crippen LogP contribution is -2.51. The van der Waals surface area contributed by atoms with E-state index in [1.165, 1.54) is 40.3 Å². The molecule has 726 valence electrons. The van der Waals surface area contributed by atoms with Crippen LogP contribution in [0.1, 0.15) is 57.1 Å². The molecule has 12 heterocycles. The summed E-state index contributed by atoms with van der Waals surface area (Å²) < 4.78 is 37.2. The van der Waals surface area contributed by atoms with Crippen molar-refractivity contribution in [2.75, 3.05) is 124 Å². The number of aromatic amines is 1. The largest absolute Gasteiger partial charge is 0.442 e. The summed E-state index contributed by atoms with van der Waals surface area (Å²) in [5.41, 5.74) is 0.478. The molecule has 19 N–H and O–H groups in total. The second-order valence-electron chi connectivity index (χ2n) is 37.9. The van der Waals surface area contributed by atoms with Gasteiger partial charge in [-0.15, -0.1) is 79.1 Å². The fourth-order valence-electron chi connectivity index (χ4n) is 14.7. The fourth-order valence-corrected chi connectivity index (χ4v) is 20.6. The Kier molecular flexibility index (Phi) is 38.7. The molecular weight excluding hydrogens is 1810 g/mol. The van der Waals surface area contributed by atoms with E-state index in [0.717, 1.165) is 47.8 Å². The van der Waals surface area contributed by atoms with Gasteiger partial charge in [0.25, 0.3) is 17.4 Å². The molecule has 129 heavy (non-hydrogen) atoms. The molecule has 0 radical (unpaired) electrons. The van der Waals surface area contributed by atoms with Crippen LogP contribution in [0.5, 0.6) is 0 Å². The van der Waals surface area contributed by atoms with Gasteiger partial charge < -0.3 is 131 Å². The van der Waals surface area contributed by atoms with Gasteiger partial charge in [-0.3, -0.25) is 19.0 Å². The van der Waals surface area contributed by atoms with Gasteiger partial charge >= 0.3 is 17.8 Å². The third-order valence-corrected chi connectivity index (χ3v) is 31.3. The van der Waals surface area contributed by atoms with Gasteiger partial charge in [-0.05, 0) is 175 Å². The summed E-state index contributed by atoms with van der Waals surface area (Å²) >= 11 is 5.03. The highest BCUT2D eigenvalue weighted by Gasteiger charge is 2.53. The molecule has 6 saturated heterocycles. The Morgan fingerprint density at radius 1 is 0.473 bits per heavy atom. The van der Waals surface area contributed by atoms with Crippen molar-refractivity contribution in [1.82, 2.24) is 61.2 Å². The summed E-state index contributed by atoms with van der Waals surface area (Å²) in [6.07, 6.45) is 24.3. The normalized spacial score (nSPS) is 32.5. The number of ether oxygens (including phenoxy) is 6. The van der Waals surface area contributed by atoms with E-state index in [9.17, 15) is 90.0 Å². The van der Waals surface area contributed by atoms with Gasteiger partial charge in [0.15, 0.2) is 25.0 Å². The number of nitrogens with one attached hydrogen (secondary N) is 7. The van der Waals surface area contributed by atoms with Crippen molar-refractivity contribution >= 4 is 133 Å². The Morgan fingerprint density at radius 3 is 1.31 bits per heavy atom. The predicted molar refractivity (Wildman–Crippen MR) is 525 cm³/mol. The molecule has 0 aromatic carbocycles. The number of rotatable bonds is 24. The average molecular weight is 1950 g/mol. The monoisotopic (exact) mass is 1950 g/mol. The van der Waals surface area contributed by atoms with Gasteiger partial charge in [0, 0.05) is 48.7 Å². The Bertz CT molecular complexity index is 4820. The summed E-state index contributed by atoms with van der Waals surface area (Å²) in [6.45, 7) is 38.5. The summed E-state index contributed by atoms with van der Waals surface area (Å²) in [7, 11) is 2.93. The van der Waals surface area contributed by atoms with Crippen LogP contribution in [0.3, 0.4) is 0 Å². The first-order valence-electron chi connectivity index (χ1n) is 41.9. The summed E-state index contributed by atoms with van der Waals surface area (Å²) in [5.74, 6) is 0.773. The molecule has 45 heteroatoms. The standard InChI is InChI=1S/C15H25N2O4P.C14H24N3O4P.C14H23N2O5P.C14H23N2O4P.C14H23N2O3PS.C13H22N3O4P/c1-9-8-17(10(2)16-14(9)20)15-13(19)12(18)11(21-15)6-7-22(3,4)5;1-9-15-14(20)16(2)8-17(9)13-12(19)11(18)10(21-13)6-7-22(3,4)5;1-16-13(19)8(7-15-14(16)20)12-11(18)10(17)9(21-12)5-6-22(2,3)4;1-8-9(7-15-14(19)16-8)13-12(18)11(17)10(20-13)5-6-21(2,3)4;1-9-15-11(21)5-7-16(9)14-13(18)12(17)10(19-14)6-8-20(2,3)4;1-8-15-10(17)7-14-16(8)13-12(19)11(18)9(20-13)5-6-21(2,3)4/h8,11-13,15,18-19H,2-3,6-7H2,1,4-5H3,(H,16,20);8,10-13,18-19H,1,3,6-7H2,2,4-5H3;7,9-12,17-18H,2,5-6H2,1,3-4H3,(H,15,20);7,10-13,17-18H,1-2,5-6H2,3-4H3,(H2,15,16,19);5,7,10,12-14,17-18H,1-2,6,8H2,3-4H3,(H,15,21);7,9,11-13,18-19H,1-2,5-6H2,3-4H3,(H,15,17)/p+1/t11-,12-,13-,15-;10-,11-,12-,13-;9-,10-,11-,12+;10-,11-,12-,13+;10-,12-,13-,14-;9-,11-,12-,13-/m111111/s1. The highest BCUT2D eigenvalue weighted by Crippen LogP contribution is 2.45. The summed E-state index contributed by atoms with van der Waals surface area (Å²) in [5, 5.41) is 143. The molecule has 0 spiro atoms. The Labute approximate surface area is 762 Å². The van der Waals surface area contributed by atoms with Crippen LogP contribution in [0.2, 0.25) is 0 Å². The molecule has 1 aromatic rings. The van der Waals surface area contributed by atoms with Gasteiger partial charge in [0.1, 0.15) is 114 Å². The number of nitrogens with zero attached hydrogens (tertiary/aromatic N) is 7. The lowest BCUT2D eigenvalue weighted by atomic mass is 9.99. The number of aliphatic hydroxyl groups excluding tert-OH is 12. The molecule has 0 aliphatic carbocycles. The third kappa shape index (κ3) is 30.9. The molecule has 12 rings (SSSR count). The maximum Gasteiger partial charge on any atom is 0.442 e. The molecular formula is C84H141N14O24P6S+. The number of amides is 6. The average Bonchev–Trinajstić information content (AvgIpc) is 1.67.